The highest BCUT2D eigenvalue weighted by Gasteiger charge is 2.12. The molecule has 3 rings (SSSR count). The SMILES string of the molecule is N#CCC(=O)NNC(=S)NC(=O)c1ccc(-n2c(=O)[nH]c3ccccc3c2=O)cc1. The van der Waals surface area contributed by atoms with E-state index in [1.165, 1.54) is 24.3 Å². The number of nitriles is 1. The lowest BCUT2D eigenvalue weighted by Gasteiger charge is -2.10. The number of thiocarbonyl (C=S) groups is 1. The average Bonchev–Trinajstić information content (AvgIpc) is 2.73. The number of nitrogens with zero attached hydrogens (tertiary/aromatic N) is 2. The standard InChI is InChI=1S/C19H14N6O4S/c20-10-9-15(26)23-24-18(30)22-16(27)11-5-7-12(8-6-11)25-17(28)13-3-1-2-4-14(13)21-19(25)29/h1-8H,9H2,(H,21,29)(H,23,26)(H2,22,24,27,30). The maximum Gasteiger partial charge on any atom is 0.333 e. The van der Waals surface area contributed by atoms with Crippen molar-refractivity contribution in [2.24, 2.45) is 0 Å². The van der Waals surface area contributed by atoms with Gasteiger partial charge in [-0.25, -0.2) is 9.36 Å². The molecule has 30 heavy (non-hydrogen) atoms. The molecule has 4 N–H and O–H groups in total. The third kappa shape index (κ3) is 4.40. The molecule has 150 valence electrons. The van der Waals surface area contributed by atoms with Crippen molar-refractivity contribution in [1.29, 1.82) is 5.26 Å². The zero-order valence-electron chi connectivity index (χ0n) is 15.3. The van der Waals surface area contributed by atoms with E-state index >= 15 is 0 Å². The molecule has 10 nitrogen and oxygen atoms in total. The van der Waals surface area contributed by atoms with Crippen LogP contribution >= 0.6 is 12.2 Å². The second kappa shape index (κ2) is 8.80. The molecule has 0 bridgehead atoms. The quantitative estimate of drug-likeness (QED) is 0.349. The van der Waals surface area contributed by atoms with Gasteiger partial charge in [-0.2, -0.15) is 5.26 Å². The Labute approximate surface area is 174 Å². The third-order valence-electron chi connectivity index (χ3n) is 3.98. The van der Waals surface area contributed by atoms with E-state index in [1.54, 1.807) is 30.3 Å². The van der Waals surface area contributed by atoms with Gasteiger partial charge in [0.15, 0.2) is 5.11 Å². The van der Waals surface area contributed by atoms with Crippen LogP contribution in [0.5, 0.6) is 0 Å². The maximum atomic E-state index is 12.7. The van der Waals surface area contributed by atoms with E-state index in [0.29, 0.717) is 10.9 Å². The van der Waals surface area contributed by atoms with Gasteiger partial charge in [0, 0.05) is 5.56 Å². The molecule has 0 unspecified atom stereocenters. The fourth-order valence-corrected chi connectivity index (χ4v) is 2.75. The minimum Gasteiger partial charge on any atom is -0.306 e. The minimum atomic E-state index is -0.607. The molecule has 1 heterocycles. The number of nitrogens with one attached hydrogen (secondary N) is 4. The monoisotopic (exact) mass is 422 g/mol. The molecule has 0 saturated heterocycles. The Kier molecular flexibility index (Phi) is 6.00. The van der Waals surface area contributed by atoms with Crippen molar-refractivity contribution in [3.05, 3.63) is 74.9 Å². The van der Waals surface area contributed by atoms with E-state index in [4.69, 9.17) is 17.5 Å². The number of carbonyl (C=O) groups is 2. The number of fused-ring (bicyclic) bond motifs is 1. The number of rotatable bonds is 3. The van der Waals surface area contributed by atoms with Crippen molar-refractivity contribution in [1.82, 2.24) is 25.7 Å². The Morgan fingerprint density at radius 2 is 1.77 bits per heavy atom. The van der Waals surface area contributed by atoms with Crippen molar-refractivity contribution >= 4 is 40.0 Å². The number of aromatic nitrogens is 2. The van der Waals surface area contributed by atoms with Crippen LogP contribution < -0.4 is 27.4 Å². The molecule has 0 saturated carbocycles. The Bertz CT molecular complexity index is 1300. The molecule has 1 aromatic heterocycles. The summed E-state index contributed by atoms with van der Waals surface area (Å²) >= 11 is 4.88. The Hall–Kier alpha value is -4.30. The number of hydrogen-bond donors (Lipinski definition) is 4. The fourth-order valence-electron chi connectivity index (χ4n) is 2.61. The largest absolute Gasteiger partial charge is 0.333 e. The summed E-state index contributed by atoms with van der Waals surface area (Å²) in [4.78, 5) is 51.1. The van der Waals surface area contributed by atoms with Gasteiger partial charge in [0.1, 0.15) is 6.42 Å². The highest BCUT2D eigenvalue weighted by atomic mass is 32.1. The summed E-state index contributed by atoms with van der Waals surface area (Å²) in [5.41, 5.74) is 4.29. The van der Waals surface area contributed by atoms with Crippen molar-refractivity contribution in [3.63, 3.8) is 0 Å². The smallest absolute Gasteiger partial charge is 0.306 e. The van der Waals surface area contributed by atoms with E-state index in [2.05, 4.69) is 21.2 Å². The molecule has 0 aliphatic carbocycles. The highest BCUT2D eigenvalue weighted by molar-refractivity contribution is 7.80. The van der Waals surface area contributed by atoms with Gasteiger partial charge in [-0.1, -0.05) is 12.1 Å². The number of benzene rings is 2. The molecule has 0 aliphatic rings. The summed E-state index contributed by atoms with van der Waals surface area (Å²) < 4.78 is 0.973. The van der Waals surface area contributed by atoms with Gasteiger partial charge in [0.25, 0.3) is 17.4 Å². The van der Waals surface area contributed by atoms with Gasteiger partial charge in [-0.3, -0.25) is 30.6 Å². The normalized spacial score (nSPS) is 10.1. The van der Waals surface area contributed by atoms with Gasteiger partial charge in [-0.15, -0.1) is 0 Å². The number of hydrogen-bond acceptors (Lipinski definition) is 6. The zero-order valence-corrected chi connectivity index (χ0v) is 16.1. The number of amides is 2. The van der Waals surface area contributed by atoms with Crippen LogP contribution in [0.3, 0.4) is 0 Å². The summed E-state index contributed by atoms with van der Waals surface area (Å²) in [5, 5.41) is 10.9. The van der Waals surface area contributed by atoms with Crippen LogP contribution in [0.1, 0.15) is 16.8 Å². The van der Waals surface area contributed by atoms with Gasteiger partial charge in [0.2, 0.25) is 0 Å². The van der Waals surface area contributed by atoms with Gasteiger partial charge >= 0.3 is 5.69 Å². The first-order chi connectivity index (χ1) is 14.4. The van der Waals surface area contributed by atoms with Gasteiger partial charge < -0.3 is 4.98 Å². The number of para-hydroxylation sites is 1. The first kappa shape index (κ1) is 20.4. The molecule has 0 fully saturated rings. The van der Waals surface area contributed by atoms with Crippen molar-refractivity contribution < 1.29 is 9.59 Å². The molecule has 0 aliphatic heterocycles. The van der Waals surface area contributed by atoms with Crippen molar-refractivity contribution in [2.75, 3.05) is 0 Å². The molecular formula is C19H14N6O4S. The lowest BCUT2D eigenvalue weighted by atomic mass is 10.2. The van der Waals surface area contributed by atoms with Crippen LogP contribution in [0.25, 0.3) is 16.6 Å². The predicted molar refractivity (Wildman–Crippen MR) is 112 cm³/mol. The molecule has 2 amide bonds. The minimum absolute atomic E-state index is 0.169. The van der Waals surface area contributed by atoms with E-state index < -0.39 is 23.1 Å². The topological polar surface area (TPSA) is 149 Å². The molecule has 0 atom stereocenters. The van der Waals surface area contributed by atoms with Gasteiger partial charge in [-0.05, 0) is 48.6 Å². The fraction of sp³-hybridized carbons (Fsp3) is 0.0526. The predicted octanol–water partition coefficient (Wildman–Crippen LogP) is 0.228. The Morgan fingerprint density at radius 1 is 1.07 bits per heavy atom. The maximum absolute atomic E-state index is 12.7. The van der Waals surface area contributed by atoms with Crippen molar-refractivity contribution in [2.45, 2.75) is 6.42 Å². The summed E-state index contributed by atoms with van der Waals surface area (Å²) in [7, 11) is 0. The number of H-pyrrole nitrogens is 1. The number of aromatic amines is 1. The van der Waals surface area contributed by atoms with Crippen molar-refractivity contribution in [3.8, 4) is 11.8 Å². The summed E-state index contributed by atoms with van der Waals surface area (Å²) in [6, 6.07) is 14.0. The van der Waals surface area contributed by atoms with Crippen LogP contribution in [-0.2, 0) is 4.79 Å². The van der Waals surface area contributed by atoms with Crippen LogP contribution in [0.4, 0.5) is 0 Å². The molecule has 0 spiro atoms. The second-order valence-electron chi connectivity index (χ2n) is 5.95. The summed E-state index contributed by atoms with van der Waals surface area (Å²) in [5.74, 6) is -1.18. The van der Waals surface area contributed by atoms with E-state index in [9.17, 15) is 19.2 Å². The van der Waals surface area contributed by atoms with Crippen LogP contribution in [-0.4, -0.2) is 26.5 Å². The van der Waals surface area contributed by atoms with Crippen LogP contribution in [0.2, 0.25) is 0 Å². The molecule has 0 radical (unpaired) electrons. The molecule has 11 heteroatoms. The van der Waals surface area contributed by atoms with Gasteiger partial charge in [0.05, 0.1) is 22.7 Å². The lowest BCUT2D eigenvalue weighted by Crippen LogP contribution is -2.48. The lowest BCUT2D eigenvalue weighted by molar-refractivity contribution is -0.120. The van der Waals surface area contributed by atoms with Crippen LogP contribution in [0.15, 0.2) is 58.1 Å². The molecule has 3 aromatic rings. The Balaban J connectivity index is 1.76. The molecule has 2 aromatic carbocycles. The first-order valence-corrected chi connectivity index (χ1v) is 8.93. The molecular weight excluding hydrogens is 408 g/mol. The van der Waals surface area contributed by atoms with E-state index in [-0.39, 0.29) is 22.8 Å². The summed E-state index contributed by atoms with van der Waals surface area (Å²) in [6.45, 7) is 0. The average molecular weight is 422 g/mol. The number of carbonyl (C=O) groups excluding carboxylic acids is 2. The second-order valence-corrected chi connectivity index (χ2v) is 6.36. The highest BCUT2D eigenvalue weighted by Crippen LogP contribution is 2.09. The zero-order chi connectivity index (χ0) is 21.7. The van der Waals surface area contributed by atoms with E-state index in [0.717, 1.165) is 4.57 Å². The van der Waals surface area contributed by atoms with Crippen LogP contribution in [0, 0.1) is 11.3 Å². The Morgan fingerprint density at radius 3 is 2.47 bits per heavy atom. The third-order valence-corrected chi connectivity index (χ3v) is 4.18. The summed E-state index contributed by atoms with van der Waals surface area (Å²) in [6.07, 6.45) is -0.363. The number of hydrazine groups is 1. The first-order valence-electron chi connectivity index (χ1n) is 8.52. The van der Waals surface area contributed by atoms with E-state index in [1.807, 2.05) is 0 Å².